The Morgan fingerprint density at radius 1 is 0.550 bits per heavy atom. The van der Waals surface area contributed by atoms with E-state index < -0.39 is 249 Å². The van der Waals surface area contributed by atoms with Crippen LogP contribution >= 0.6 is 11.8 Å². The number of carbonyl (C=O) groups is 17. The second-order valence-corrected chi connectivity index (χ2v) is 34.1. The Balaban J connectivity index is 1.02. The first-order chi connectivity index (χ1) is 61.7. The first kappa shape index (κ1) is 98.2. The lowest BCUT2D eigenvalue weighted by molar-refractivity contribution is -0.149. The second kappa shape index (κ2) is 46.1. The molecular weight excluding hydrogens is 1690 g/mol. The van der Waals surface area contributed by atoms with E-state index in [0.29, 0.717) is 69.9 Å². The number of H-pyrrole nitrogens is 3. The van der Waals surface area contributed by atoms with Crippen molar-refractivity contribution in [3.63, 3.8) is 0 Å². The number of aromatic nitrogens is 4. The Morgan fingerprint density at radius 3 is 1.74 bits per heavy atom. The molecule has 4 aliphatic heterocycles. The first-order valence-electron chi connectivity index (χ1n) is 43.3. The van der Waals surface area contributed by atoms with Gasteiger partial charge in [0, 0.05) is 131 Å². The van der Waals surface area contributed by atoms with E-state index in [0.717, 1.165) is 31.4 Å². The highest BCUT2D eigenvalue weighted by molar-refractivity contribution is 8.00. The number of benzene rings is 3. The quantitative estimate of drug-likeness (QED) is 0.0413. The zero-order chi connectivity index (χ0) is 93.4. The number of unbranched alkanes of at least 4 members (excludes halogenated alkanes) is 2. The number of aromatic amines is 3. The van der Waals surface area contributed by atoms with Gasteiger partial charge in [0.15, 0.2) is 0 Å². The van der Waals surface area contributed by atoms with Gasteiger partial charge in [0.25, 0.3) is 0 Å². The Kier molecular flexibility index (Phi) is 35.1. The van der Waals surface area contributed by atoms with Gasteiger partial charge < -0.3 is 119 Å². The maximum Gasteiger partial charge on any atom is 0.245 e. The van der Waals surface area contributed by atoms with Crippen molar-refractivity contribution in [3.8, 4) is 5.75 Å². The first-order valence-corrected chi connectivity index (χ1v) is 44.5. The number of rotatable bonds is 18. The van der Waals surface area contributed by atoms with Crippen molar-refractivity contribution in [2.75, 3.05) is 65.4 Å². The van der Waals surface area contributed by atoms with Gasteiger partial charge in [0.2, 0.25) is 100 Å². The normalized spacial score (nSPS) is 26.1. The summed E-state index contributed by atoms with van der Waals surface area (Å²) in [6.45, 7) is 3.58. The molecule has 0 aliphatic carbocycles. The highest BCUT2D eigenvalue weighted by atomic mass is 32.2. The maximum atomic E-state index is 15.6. The monoisotopic (exact) mass is 1810 g/mol. The summed E-state index contributed by atoms with van der Waals surface area (Å²) in [6.07, 6.45) is 3.75. The predicted octanol–water partition coefficient (Wildman–Crippen LogP) is -2.79. The Labute approximate surface area is 748 Å². The van der Waals surface area contributed by atoms with Crippen LogP contribution in [0.1, 0.15) is 127 Å². The third-order valence-electron chi connectivity index (χ3n) is 23.8. The number of primary amides is 1. The SMILES string of the molecule is CCCC[C@H]1C(=O)N(C)[C@@H](CCCC)C(=O)N[C@@H](C)C(=O)N[C@H](C(=O)NCC(N)=O)CSCC(=O)N[C@@H](Cc2ccc(O)cc2)C(=O)N(C)[C@@H](C)C(=O)N[C@H]2CCC(=O)NCC[C@H](NC(=O)[C@H](Cc3cnc[nH]3)NC(=O)[C@@H]3CCCN3C2=O)C(=O)N2C[C@H](O)C[C@H]2C(=O)N[C@@H](Cc2c[nH]c3ccccc23)C(=O)N[C@@H](CO)C(=O)N[C@@H](Cc2c[nH]c3ccccc23)C(=O)N1C. The zero-order valence-corrected chi connectivity index (χ0v) is 73.9. The van der Waals surface area contributed by atoms with Crippen LogP contribution in [-0.4, -0.2) is 316 Å². The minimum atomic E-state index is -1.89. The van der Waals surface area contributed by atoms with E-state index in [1.807, 2.05) is 13.8 Å². The molecule has 15 atom stereocenters. The number of aromatic hydroxyl groups is 1. The fourth-order valence-electron chi connectivity index (χ4n) is 16.3. The van der Waals surface area contributed by atoms with E-state index in [1.54, 1.807) is 60.9 Å². The summed E-state index contributed by atoms with van der Waals surface area (Å²) in [7, 11) is 3.96. The average molecular weight is 1810 g/mol. The summed E-state index contributed by atoms with van der Waals surface area (Å²) in [4.78, 5) is 269. The van der Waals surface area contributed by atoms with Crippen LogP contribution in [0.25, 0.3) is 21.8 Å². The molecule has 0 unspecified atom stereocenters. The summed E-state index contributed by atoms with van der Waals surface area (Å²) >= 11 is 0.794. The smallest absolute Gasteiger partial charge is 0.245 e. The maximum absolute atomic E-state index is 15.6. The molecule has 2 bridgehead atoms. The summed E-state index contributed by atoms with van der Waals surface area (Å²) in [5.74, 6) is -16.4. The van der Waals surface area contributed by atoms with Crippen LogP contribution in [0.3, 0.4) is 0 Å². The van der Waals surface area contributed by atoms with Crippen LogP contribution < -0.4 is 64.2 Å². The van der Waals surface area contributed by atoms with Gasteiger partial charge in [0.05, 0.1) is 31.3 Å². The van der Waals surface area contributed by atoms with Crippen molar-refractivity contribution in [2.24, 2.45) is 5.73 Å². The molecule has 0 spiro atoms. The highest BCUT2D eigenvalue weighted by Gasteiger charge is 2.47. The van der Waals surface area contributed by atoms with Gasteiger partial charge >= 0.3 is 0 Å². The molecule has 0 radical (unpaired) electrons. The Bertz CT molecular complexity index is 5050. The third kappa shape index (κ3) is 25.9. The Hall–Kier alpha value is -13.0. The molecule has 4 fully saturated rings. The van der Waals surface area contributed by atoms with E-state index in [-0.39, 0.29) is 69.4 Å². The molecule has 10 rings (SSSR count). The molecule has 129 heavy (non-hydrogen) atoms. The van der Waals surface area contributed by atoms with Crippen molar-refractivity contribution < 1.29 is 96.8 Å². The molecule has 4 saturated heterocycles. The fraction of sp³-hybridized carbons (Fsp3) is 0.517. The summed E-state index contributed by atoms with van der Waals surface area (Å²) in [5.41, 5.74) is 8.40. The lowest BCUT2D eigenvalue weighted by Gasteiger charge is -2.36. The fourth-order valence-corrected chi connectivity index (χ4v) is 17.1. The number of para-hydroxylation sites is 2. The Morgan fingerprint density at radius 2 is 1.11 bits per heavy atom. The zero-order valence-electron chi connectivity index (χ0n) is 73.1. The lowest BCUT2D eigenvalue weighted by Crippen LogP contribution is -2.62. The molecule has 7 heterocycles. The van der Waals surface area contributed by atoms with Gasteiger partial charge in [0.1, 0.15) is 90.3 Å². The van der Waals surface area contributed by atoms with Gasteiger partial charge in [-0.3, -0.25) is 81.5 Å². The molecule has 19 N–H and O–H groups in total. The van der Waals surface area contributed by atoms with Crippen LogP contribution in [0.15, 0.2) is 97.7 Å². The number of amides is 17. The molecule has 0 saturated carbocycles. The standard InChI is InChI=1S/C87H117N21O20S/c1-8-10-21-67-80(121)95-47(3)74(115)103-66(76(117)93-41-71(88)112)44-129-45-73(114)96-63(33-49-24-26-53(110)27-25-49)83(124)104(5)48(4)75(116)97-59-28-29-72(113)90-31-30-60(98-78(119)62(36-52-40-89-46-94-52)100-81(122)68-23-16-32-107(68)85(59)126)86(127)108-42-54(111)37-70(108)82(123)99-61(34-50-38-91-57-19-14-12-17-55(50)57)77(118)102-65(43-109)79(120)101-64(35-51-39-92-58-20-15-13-18-56(51)58)84(125)106(7)69(22-11-9-2)87(128)105(67)6/h12-15,17-20,24-27,38-40,46-48,54,59-70,91-92,109-111H,8-11,16,21-23,28-37,41-45H2,1-7H3,(H2,88,112)(H,89,94)(H,90,113)(H,93,117)(H,95,121)(H,96,114)(H,97,116)(H,98,119)(H,99,123)(H,100,122)(H,101,120)(H,102,118)(H,103,115)/t47-,48-,54+,59-,60-,61-,62-,63-,64-,65-,66-,67-,68-,69-,70-/m0/s1. The lowest BCUT2D eigenvalue weighted by atomic mass is 10.00. The molecular formula is C87H117N21O20S. The number of likely N-dealkylation sites (N-methyl/N-ethyl adjacent to an activating group) is 3. The topological polar surface area (TPSA) is 586 Å². The van der Waals surface area contributed by atoms with Crippen LogP contribution in [0.5, 0.6) is 5.75 Å². The van der Waals surface area contributed by atoms with Gasteiger partial charge in [-0.2, -0.15) is 0 Å². The molecule has 3 aromatic carbocycles. The largest absolute Gasteiger partial charge is 0.508 e. The van der Waals surface area contributed by atoms with E-state index in [1.165, 1.54) is 76.7 Å². The average Bonchev–Trinajstić information content (AvgIpc) is 1.64. The number of phenols is 1. The number of imidazole rings is 1. The van der Waals surface area contributed by atoms with Crippen molar-refractivity contribution in [1.82, 2.24) is 103 Å². The molecule has 3 aromatic heterocycles. The molecule has 17 amide bonds. The van der Waals surface area contributed by atoms with Gasteiger partial charge in [-0.1, -0.05) is 88.1 Å². The molecule has 41 nitrogen and oxygen atoms in total. The summed E-state index contributed by atoms with van der Waals surface area (Å²) in [5, 5.41) is 63.3. The number of nitrogens with zero attached hydrogens (tertiary/aromatic N) is 6. The summed E-state index contributed by atoms with van der Waals surface area (Å²) in [6, 6.07) is -1.71. The van der Waals surface area contributed by atoms with Gasteiger partial charge in [-0.15, -0.1) is 11.8 Å². The van der Waals surface area contributed by atoms with Crippen LogP contribution in [0.2, 0.25) is 0 Å². The molecule has 4 aliphatic rings. The summed E-state index contributed by atoms with van der Waals surface area (Å²) < 4.78 is 0. The van der Waals surface area contributed by atoms with Crippen molar-refractivity contribution in [3.05, 3.63) is 120 Å². The number of thioether (sulfide) groups is 1. The third-order valence-corrected chi connectivity index (χ3v) is 24.8. The predicted molar refractivity (Wildman–Crippen MR) is 470 cm³/mol. The van der Waals surface area contributed by atoms with Crippen molar-refractivity contribution >= 4 is 134 Å². The van der Waals surface area contributed by atoms with Gasteiger partial charge in [-0.25, -0.2) is 4.98 Å². The minimum absolute atomic E-state index is 0.0191. The number of carbonyl (C=O) groups excluding carboxylic acids is 17. The van der Waals surface area contributed by atoms with Crippen LogP contribution in [-0.2, 0) is 107 Å². The number of hydrogen-bond acceptors (Lipinski definition) is 22. The second-order valence-electron chi connectivity index (χ2n) is 33.0. The van der Waals surface area contributed by atoms with Crippen molar-refractivity contribution in [1.29, 1.82) is 0 Å². The van der Waals surface area contributed by atoms with Crippen LogP contribution in [0.4, 0.5) is 0 Å². The number of phenolic OH excluding ortho intramolecular Hbond substituents is 1. The van der Waals surface area contributed by atoms with E-state index >= 15 is 38.4 Å². The molecule has 42 heteroatoms. The number of nitrogens with two attached hydrogens (primary N) is 1. The number of hydrogen-bond donors (Lipinski definition) is 18. The number of aliphatic hydroxyl groups is 2. The van der Waals surface area contributed by atoms with Crippen molar-refractivity contribution in [2.45, 2.75) is 221 Å². The molecule has 6 aromatic rings. The van der Waals surface area contributed by atoms with E-state index in [4.69, 9.17) is 5.73 Å². The number of nitrogens with one attached hydrogen (secondary N) is 14. The number of fused-ring (bicyclic) bond motifs is 11. The minimum Gasteiger partial charge on any atom is -0.508 e. The van der Waals surface area contributed by atoms with E-state index in [2.05, 4.69) is 78.4 Å². The molecule has 696 valence electrons. The van der Waals surface area contributed by atoms with Crippen LogP contribution in [0, 0.1) is 0 Å². The van der Waals surface area contributed by atoms with E-state index in [9.17, 15) is 58.5 Å². The van der Waals surface area contributed by atoms with Gasteiger partial charge in [-0.05, 0) is 93.3 Å². The highest BCUT2D eigenvalue weighted by Crippen LogP contribution is 2.28. The number of aliphatic hydroxyl groups excluding tert-OH is 2.